The van der Waals surface area contributed by atoms with Crippen LogP contribution in [0.1, 0.15) is 37.3 Å². The highest BCUT2D eigenvalue weighted by Crippen LogP contribution is 2.29. The summed E-state index contributed by atoms with van der Waals surface area (Å²) in [6, 6.07) is 13.5. The third-order valence-corrected chi connectivity index (χ3v) is 4.05. The molecule has 0 aromatic heterocycles. The van der Waals surface area contributed by atoms with Crippen molar-refractivity contribution in [3.63, 3.8) is 0 Å². The van der Waals surface area contributed by atoms with Crippen LogP contribution < -0.4 is 14.8 Å². The molecule has 1 atom stereocenters. The molecule has 0 saturated heterocycles. The molecule has 1 N–H and O–H groups in total. The summed E-state index contributed by atoms with van der Waals surface area (Å²) in [4.78, 5) is 12.2. The van der Waals surface area contributed by atoms with Gasteiger partial charge in [0.05, 0.1) is 12.8 Å². The Balaban J connectivity index is 2.03. The first kappa shape index (κ1) is 17.9. The molecule has 128 valence electrons. The summed E-state index contributed by atoms with van der Waals surface area (Å²) in [6.45, 7) is 6.22. The Kier molecular flexibility index (Phi) is 6.24. The summed E-state index contributed by atoms with van der Waals surface area (Å²) in [6.07, 6.45) is 1.02. The molecule has 4 heteroatoms. The Hall–Kier alpha value is -2.49. The second kappa shape index (κ2) is 8.39. The van der Waals surface area contributed by atoms with Gasteiger partial charge in [0.2, 0.25) is 0 Å². The zero-order valence-corrected chi connectivity index (χ0v) is 14.8. The van der Waals surface area contributed by atoms with Gasteiger partial charge in [0.25, 0.3) is 5.91 Å². The molecule has 0 aliphatic carbocycles. The van der Waals surface area contributed by atoms with Gasteiger partial charge in [0.1, 0.15) is 11.5 Å². The average Bonchev–Trinajstić information content (AvgIpc) is 2.59. The summed E-state index contributed by atoms with van der Waals surface area (Å²) < 4.78 is 11.0. The number of methoxy groups -OCH3 is 1. The monoisotopic (exact) mass is 327 g/mol. The molecule has 1 amide bonds. The van der Waals surface area contributed by atoms with Crippen LogP contribution in [-0.4, -0.2) is 19.6 Å². The van der Waals surface area contributed by atoms with Crippen LogP contribution >= 0.6 is 0 Å². The lowest BCUT2D eigenvalue weighted by Crippen LogP contribution is -2.21. The second-order valence-corrected chi connectivity index (χ2v) is 5.89. The molecule has 0 bridgehead atoms. The summed E-state index contributed by atoms with van der Waals surface area (Å²) in [5.74, 6) is 1.58. The van der Waals surface area contributed by atoms with Gasteiger partial charge in [-0.3, -0.25) is 4.79 Å². The molecular formula is C20H25NO3. The second-order valence-electron chi connectivity index (χ2n) is 5.89. The topological polar surface area (TPSA) is 47.6 Å². The van der Waals surface area contributed by atoms with Crippen molar-refractivity contribution in [1.29, 1.82) is 0 Å². The number of rotatable bonds is 7. The number of nitrogens with one attached hydrogen (secondary N) is 1. The highest BCUT2D eigenvalue weighted by atomic mass is 16.5. The molecule has 0 aliphatic heterocycles. The van der Waals surface area contributed by atoms with Crippen molar-refractivity contribution in [3.05, 3.63) is 53.6 Å². The van der Waals surface area contributed by atoms with Gasteiger partial charge < -0.3 is 14.8 Å². The number of carbonyl (C=O) groups excluding carboxylic acids is 1. The molecule has 0 spiro atoms. The van der Waals surface area contributed by atoms with Gasteiger partial charge in [-0.2, -0.15) is 0 Å². The number of carbonyl (C=O) groups is 1. The Bertz CT molecular complexity index is 697. The molecule has 2 aromatic carbocycles. The van der Waals surface area contributed by atoms with E-state index in [1.807, 2.05) is 49.4 Å². The maximum absolute atomic E-state index is 12.2. The van der Waals surface area contributed by atoms with E-state index in [1.54, 1.807) is 7.11 Å². The summed E-state index contributed by atoms with van der Waals surface area (Å²) in [7, 11) is 1.58. The van der Waals surface area contributed by atoms with Gasteiger partial charge in [-0.15, -0.1) is 0 Å². The van der Waals surface area contributed by atoms with Gasteiger partial charge in [0.15, 0.2) is 6.61 Å². The van der Waals surface area contributed by atoms with Gasteiger partial charge in [0, 0.05) is 0 Å². The molecule has 4 nitrogen and oxygen atoms in total. The van der Waals surface area contributed by atoms with E-state index in [9.17, 15) is 4.79 Å². The van der Waals surface area contributed by atoms with Gasteiger partial charge >= 0.3 is 0 Å². The zero-order valence-electron chi connectivity index (χ0n) is 14.8. The van der Waals surface area contributed by atoms with Crippen LogP contribution in [-0.2, 0) is 4.79 Å². The lowest BCUT2D eigenvalue weighted by atomic mass is 9.98. The van der Waals surface area contributed by atoms with Crippen molar-refractivity contribution >= 4 is 11.6 Å². The fourth-order valence-corrected chi connectivity index (χ4v) is 2.49. The minimum Gasteiger partial charge on any atom is -0.495 e. The Morgan fingerprint density at radius 1 is 1.17 bits per heavy atom. The van der Waals surface area contributed by atoms with E-state index in [2.05, 4.69) is 19.2 Å². The van der Waals surface area contributed by atoms with Crippen molar-refractivity contribution in [2.75, 3.05) is 19.0 Å². The first-order valence-corrected chi connectivity index (χ1v) is 8.21. The Morgan fingerprint density at radius 2 is 1.92 bits per heavy atom. The Labute approximate surface area is 143 Å². The van der Waals surface area contributed by atoms with Gasteiger partial charge in [-0.05, 0) is 48.6 Å². The maximum atomic E-state index is 12.2. The third kappa shape index (κ3) is 4.51. The maximum Gasteiger partial charge on any atom is 0.262 e. The van der Waals surface area contributed by atoms with Crippen LogP contribution in [0, 0.1) is 6.92 Å². The van der Waals surface area contributed by atoms with Crippen LogP contribution in [0.2, 0.25) is 0 Å². The minimum atomic E-state index is -0.210. The fourth-order valence-electron chi connectivity index (χ4n) is 2.49. The fraction of sp³-hybridized carbons (Fsp3) is 0.350. The van der Waals surface area contributed by atoms with Crippen LogP contribution in [0.25, 0.3) is 0 Å². The smallest absolute Gasteiger partial charge is 0.262 e. The molecule has 2 aromatic rings. The first-order chi connectivity index (χ1) is 11.5. The van der Waals surface area contributed by atoms with Crippen molar-refractivity contribution in [2.24, 2.45) is 0 Å². The average molecular weight is 327 g/mol. The quantitative estimate of drug-likeness (QED) is 0.812. The lowest BCUT2D eigenvalue weighted by Gasteiger charge is -2.16. The van der Waals surface area contributed by atoms with Crippen LogP contribution in [0.3, 0.4) is 0 Å². The summed E-state index contributed by atoms with van der Waals surface area (Å²) in [5.41, 5.74) is 2.83. The molecule has 0 radical (unpaired) electrons. The van der Waals surface area contributed by atoms with Gasteiger partial charge in [-0.1, -0.05) is 38.1 Å². The number of para-hydroxylation sites is 1. The highest BCUT2D eigenvalue weighted by Gasteiger charge is 2.12. The number of hydrogen-bond donors (Lipinski definition) is 1. The van der Waals surface area contributed by atoms with E-state index in [-0.39, 0.29) is 12.5 Å². The molecule has 0 unspecified atom stereocenters. The number of ether oxygens (including phenoxy) is 2. The summed E-state index contributed by atoms with van der Waals surface area (Å²) in [5, 5.41) is 2.85. The van der Waals surface area contributed by atoms with Crippen molar-refractivity contribution in [1.82, 2.24) is 0 Å². The van der Waals surface area contributed by atoms with Crippen LogP contribution in [0.15, 0.2) is 42.5 Å². The first-order valence-electron chi connectivity index (χ1n) is 8.21. The molecule has 0 fully saturated rings. The van der Waals surface area contributed by atoms with Crippen molar-refractivity contribution < 1.29 is 14.3 Å². The van der Waals surface area contributed by atoms with E-state index in [0.717, 1.165) is 23.3 Å². The van der Waals surface area contributed by atoms with Crippen LogP contribution in [0.4, 0.5) is 5.69 Å². The number of benzene rings is 2. The van der Waals surface area contributed by atoms with E-state index in [0.29, 0.717) is 17.4 Å². The zero-order chi connectivity index (χ0) is 17.5. The number of hydrogen-bond acceptors (Lipinski definition) is 3. The van der Waals surface area contributed by atoms with E-state index < -0.39 is 0 Å². The molecule has 0 heterocycles. The lowest BCUT2D eigenvalue weighted by molar-refractivity contribution is -0.118. The Morgan fingerprint density at radius 3 is 2.62 bits per heavy atom. The molecule has 24 heavy (non-hydrogen) atoms. The molecular weight excluding hydrogens is 302 g/mol. The van der Waals surface area contributed by atoms with Crippen molar-refractivity contribution in [2.45, 2.75) is 33.1 Å². The number of amides is 1. The van der Waals surface area contributed by atoms with Crippen molar-refractivity contribution in [3.8, 4) is 11.5 Å². The number of aryl methyl sites for hydroxylation is 1. The minimum absolute atomic E-state index is 0.0372. The highest BCUT2D eigenvalue weighted by molar-refractivity contribution is 5.93. The number of anilines is 1. The molecule has 0 saturated carbocycles. The molecule has 2 rings (SSSR count). The van der Waals surface area contributed by atoms with E-state index in [1.165, 1.54) is 0 Å². The van der Waals surface area contributed by atoms with Crippen LogP contribution in [0.5, 0.6) is 11.5 Å². The van der Waals surface area contributed by atoms with Gasteiger partial charge in [-0.25, -0.2) is 0 Å². The molecule has 0 aliphatic rings. The standard InChI is InChI=1S/C20H25NO3/c1-5-15(3)16-8-6-7-9-18(16)24-13-20(22)21-17-12-14(2)10-11-19(17)23-4/h6-12,15H,5,13H2,1-4H3,(H,21,22)/t15-/m1/s1. The predicted molar refractivity (Wildman–Crippen MR) is 97.0 cm³/mol. The van der Waals surface area contributed by atoms with E-state index >= 15 is 0 Å². The third-order valence-electron chi connectivity index (χ3n) is 4.05. The summed E-state index contributed by atoms with van der Waals surface area (Å²) >= 11 is 0. The SMILES string of the molecule is CC[C@@H](C)c1ccccc1OCC(=O)Nc1cc(C)ccc1OC. The normalized spacial score (nSPS) is 11.7. The largest absolute Gasteiger partial charge is 0.495 e. The predicted octanol–water partition coefficient (Wildman–Crippen LogP) is 4.53. The van der Waals surface area contributed by atoms with E-state index in [4.69, 9.17) is 9.47 Å².